The zero-order valence-corrected chi connectivity index (χ0v) is 18.4. The van der Waals surface area contributed by atoms with Gasteiger partial charge in [-0.15, -0.1) is 0 Å². The van der Waals surface area contributed by atoms with Crippen molar-refractivity contribution in [2.75, 3.05) is 0 Å². The smallest absolute Gasteiger partial charge is 0.352 e. The topological polar surface area (TPSA) is 99.1 Å². The summed E-state index contributed by atoms with van der Waals surface area (Å²) in [5.41, 5.74) is 0.572. The van der Waals surface area contributed by atoms with Gasteiger partial charge in [0.2, 0.25) is 5.69 Å². The van der Waals surface area contributed by atoms with Crippen molar-refractivity contribution in [2.24, 2.45) is 0 Å². The Labute approximate surface area is 190 Å². The molecule has 0 aliphatic carbocycles. The van der Waals surface area contributed by atoms with Crippen LogP contribution in [0.4, 0.5) is 0 Å². The van der Waals surface area contributed by atoms with E-state index >= 15 is 0 Å². The maximum Gasteiger partial charge on any atom is 0.352 e. The van der Waals surface area contributed by atoms with E-state index < -0.39 is 17.2 Å². The molecule has 0 saturated heterocycles. The molecular formula is C25H24N4O4. The Morgan fingerprint density at radius 2 is 1.73 bits per heavy atom. The standard InChI is InChI=1S/C25H24N4O4/c1-17(2)19-10-12-20(13-11-19)29-25(32)28(16-18-7-4-3-5-8-18)24(31)22(27-29)23(30)26-15-21-9-6-14-33-21/h3-14,17H,15-16H2,1-2H3,(H,26,30). The van der Waals surface area contributed by atoms with Crippen molar-refractivity contribution in [1.82, 2.24) is 19.7 Å². The fourth-order valence-corrected chi connectivity index (χ4v) is 3.40. The van der Waals surface area contributed by atoms with Crippen LogP contribution in [0.2, 0.25) is 0 Å². The Hall–Kier alpha value is -4.20. The van der Waals surface area contributed by atoms with Gasteiger partial charge in [-0.1, -0.05) is 56.3 Å². The highest BCUT2D eigenvalue weighted by molar-refractivity contribution is 5.91. The normalized spacial score (nSPS) is 11.0. The van der Waals surface area contributed by atoms with Gasteiger partial charge in [-0.05, 0) is 41.3 Å². The molecule has 4 rings (SSSR count). The van der Waals surface area contributed by atoms with E-state index in [4.69, 9.17) is 4.42 Å². The predicted molar refractivity (Wildman–Crippen MR) is 124 cm³/mol. The average Bonchev–Trinajstić information content (AvgIpc) is 3.35. The molecule has 0 fully saturated rings. The lowest BCUT2D eigenvalue weighted by Crippen LogP contribution is -2.46. The van der Waals surface area contributed by atoms with Crippen molar-refractivity contribution in [2.45, 2.75) is 32.9 Å². The number of nitrogens with zero attached hydrogens (tertiary/aromatic N) is 3. The monoisotopic (exact) mass is 444 g/mol. The second-order valence-electron chi connectivity index (χ2n) is 7.93. The average molecular weight is 444 g/mol. The molecule has 2 heterocycles. The molecular weight excluding hydrogens is 420 g/mol. The lowest BCUT2D eigenvalue weighted by Gasteiger charge is -2.13. The molecule has 8 heteroatoms. The van der Waals surface area contributed by atoms with Gasteiger partial charge in [0, 0.05) is 0 Å². The summed E-state index contributed by atoms with van der Waals surface area (Å²) in [4.78, 5) is 39.2. The maximum absolute atomic E-state index is 13.2. The molecule has 0 bridgehead atoms. The van der Waals surface area contributed by atoms with E-state index in [1.165, 1.54) is 6.26 Å². The lowest BCUT2D eigenvalue weighted by atomic mass is 10.0. The van der Waals surface area contributed by atoms with Crippen molar-refractivity contribution in [3.63, 3.8) is 0 Å². The van der Waals surface area contributed by atoms with Crippen molar-refractivity contribution >= 4 is 5.91 Å². The summed E-state index contributed by atoms with van der Waals surface area (Å²) in [7, 11) is 0. The first kappa shape index (κ1) is 22.0. The third-order valence-corrected chi connectivity index (χ3v) is 5.27. The number of furan rings is 1. The second kappa shape index (κ2) is 9.52. The van der Waals surface area contributed by atoms with Gasteiger partial charge in [-0.3, -0.25) is 14.2 Å². The number of amides is 1. The van der Waals surface area contributed by atoms with Crippen LogP contribution in [0.15, 0.2) is 87.0 Å². The molecule has 0 atom stereocenters. The molecule has 1 amide bonds. The fraction of sp³-hybridized carbons (Fsp3) is 0.200. The van der Waals surface area contributed by atoms with Crippen LogP contribution in [0.5, 0.6) is 0 Å². The first-order chi connectivity index (χ1) is 15.9. The predicted octanol–water partition coefficient (Wildman–Crippen LogP) is 3.09. The number of carbonyl (C=O) groups is 1. The SMILES string of the molecule is CC(C)c1ccc(-n2nc(C(=O)NCc3ccco3)c(=O)n(Cc3ccccc3)c2=O)cc1. The molecule has 0 aliphatic rings. The van der Waals surface area contributed by atoms with Crippen molar-refractivity contribution in [1.29, 1.82) is 0 Å². The fourth-order valence-electron chi connectivity index (χ4n) is 3.40. The van der Waals surface area contributed by atoms with Crippen molar-refractivity contribution in [3.8, 4) is 5.69 Å². The summed E-state index contributed by atoms with van der Waals surface area (Å²) in [5, 5.41) is 6.78. The van der Waals surface area contributed by atoms with E-state index in [-0.39, 0.29) is 18.8 Å². The molecule has 0 aliphatic heterocycles. The van der Waals surface area contributed by atoms with Crippen molar-refractivity contribution in [3.05, 3.63) is 116 Å². The molecule has 2 aromatic heterocycles. The number of aromatic nitrogens is 3. The summed E-state index contributed by atoms with van der Waals surface area (Å²) in [5.74, 6) is 0.162. The van der Waals surface area contributed by atoms with Gasteiger partial charge in [0.15, 0.2) is 0 Å². The van der Waals surface area contributed by atoms with Crippen LogP contribution in [-0.2, 0) is 13.1 Å². The molecule has 168 valence electrons. The summed E-state index contributed by atoms with van der Waals surface area (Å²) in [6, 6.07) is 19.8. The Morgan fingerprint density at radius 3 is 2.36 bits per heavy atom. The van der Waals surface area contributed by atoms with Crippen LogP contribution in [-0.4, -0.2) is 20.3 Å². The van der Waals surface area contributed by atoms with Crippen LogP contribution in [0.3, 0.4) is 0 Å². The van der Waals surface area contributed by atoms with Gasteiger partial charge in [-0.2, -0.15) is 9.78 Å². The molecule has 0 unspecified atom stereocenters. The van der Waals surface area contributed by atoms with E-state index in [0.29, 0.717) is 17.4 Å². The van der Waals surface area contributed by atoms with Gasteiger partial charge in [0.25, 0.3) is 11.5 Å². The van der Waals surface area contributed by atoms with Gasteiger partial charge in [0.1, 0.15) is 5.76 Å². The highest BCUT2D eigenvalue weighted by Crippen LogP contribution is 2.15. The lowest BCUT2D eigenvalue weighted by molar-refractivity contribution is 0.0938. The molecule has 0 radical (unpaired) electrons. The minimum atomic E-state index is -0.754. The Balaban J connectivity index is 1.78. The molecule has 33 heavy (non-hydrogen) atoms. The number of hydrogen-bond donors (Lipinski definition) is 1. The minimum absolute atomic E-state index is 0.0174. The van der Waals surface area contributed by atoms with Crippen LogP contribution < -0.4 is 16.6 Å². The molecule has 8 nitrogen and oxygen atoms in total. The Kier molecular flexibility index (Phi) is 6.35. The molecule has 0 saturated carbocycles. The number of nitrogens with one attached hydrogen (secondary N) is 1. The first-order valence-corrected chi connectivity index (χ1v) is 10.6. The summed E-state index contributed by atoms with van der Waals surface area (Å²) < 4.78 is 7.34. The van der Waals surface area contributed by atoms with E-state index in [1.807, 2.05) is 42.5 Å². The van der Waals surface area contributed by atoms with Crippen molar-refractivity contribution < 1.29 is 9.21 Å². The van der Waals surface area contributed by atoms with E-state index in [2.05, 4.69) is 24.3 Å². The van der Waals surface area contributed by atoms with E-state index in [0.717, 1.165) is 20.4 Å². The molecule has 4 aromatic rings. The molecule has 1 N–H and O–H groups in total. The third-order valence-electron chi connectivity index (χ3n) is 5.27. The van der Waals surface area contributed by atoms with E-state index in [1.54, 1.807) is 24.3 Å². The van der Waals surface area contributed by atoms with Gasteiger partial charge in [0.05, 0.1) is 25.0 Å². The van der Waals surface area contributed by atoms with E-state index in [9.17, 15) is 14.4 Å². The summed E-state index contributed by atoms with van der Waals surface area (Å²) >= 11 is 0. The van der Waals surface area contributed by atoms with Gasteiger partial charge >= 0.3 is 5.69 Å². The quantitative estimate of drug-likeness (QED) is 0.472. The van der Waals surface area contributed by atoms with Crippen LogP contribution in [0.25, 0.3) is 5.69 Å². The Bertz CT molecular complexity index is 1350. The molecule has 2 aromatic carbocycles. The van der Waals surface area contributed by atoms with Crippen LogP contribution >= 0.6 is 0 Å². The summed E-state index contributed by atoms with van der Waals surface area (Å²) in [6.07, 6.45) is 1.49. The maximum atomic E-state index is 13.2. The first-order valence-electron chi connectivity index (χ1n) is 10.6. The number of hydrogen-bond acceptors (Lipinski definition) is 5. The molecule has 0 spiro atoms. The highest BCUT2D eigenvalue weighted by Gasteiger charge is 2.20. The number of carbonyl (C=O) groups excluding carboxylic acids is 1. The summed E-state index contributed by atoms with van der Waals surface area (Å²) in [6.45, 7) is 4.25. The largest absolute Gasteiger partial charge is 0.467 e. The second-order valence-corrected chi connectivity index (χ2v) is 7.93. The zero-order chi connectivity index (χ0) is 23.4. The van der Waals surface area contributed by atoms with Crippen LogP contribution in [0.1, 0.15) is 47.1 Å². The highest BCUT2D eigenvalue weighted by atomic mass is 16.3. The zero-order valence-electron chi connectivity index (χ0n) is 18.4. The van der Waals surface area contributed by atoms with Gasteiger partial charge < -0.3 is 9.73 Å². The minimum Gasteiger partial charge on any atom is -0.467 e. The third kappa shape index (κ3) is 4.85. The Morgan fingerprint density at radius 1 is 1.00 bits per heavy atom. The van der Waals surface area contributed by atoms with Gasteiger partial charge in [-0.25, -0.2) is 4.79 Å². The number of rotatable bonds is 7. The van der Waals surface area contributed by atoms with Crippen LogP contribution in [0, 0.1) is 0 Å². The number of benzene rings is 2.